The van der Waals surface area contributed by atoms with Gasteiger partial charge >= 0.3 is 5.97 Å². The van der Waals surface area contributed by atoms with Crippen LogP contribution in [-0.2, 0) is 36.0 Å². The van der Waals surface area contributed by atoms with E-state index in [2.05, 4.69) is 64.1 Å². The molecule has 1 aromatic carbocycles. The zero-order chi connectivity index (χ0) is 33.0. The molecule has 0 unspecified atom stereocenters. The van der Waals surface area contributed by atoms with Crippen molar-refractivity contribution in [3.63, 3.8) is 0 Å². The number of nitrogens with one attached hydrogen (secondary N) is 2. The van der Waals surface area contributed by atoms with Crippen molar-refractivity contribution in [1.82, 2.24) is 30.0 Å². The molecule has 7 rings (SSSR count). The lowest BCUT2D eigenvalue weighted by molar-refractivity contribution is -0.143. The molecule has 10 nitrogen and oxygen atoms in total. The summed E-state index contributed by atoms with van der Waals surface area (Å²) in [5.41, 5.74) is 4.97. The second kappa shape index (κ2) is 15.0. The molecule has 3 fully saturated rings. The Kier molecular flexibility index (Phi) is 10.4. The third-order valence-corrected chi connectivity index (χ3v) is 11.7. The van der Waals surface area contributed by atoms with E-state index in [-0.39, 0.29) is 12.0 Å². The minimum Gasteiger partial charge on any atom is -0.481 e. The number of ether oxygens (including phenoxy) is 1. The zero-order valence-electron chi connectivity index (χ0n) is 28.7. The summed E-state index contributed by atoms with van der Waals surface area (Å²) in [6.45, 7) is 5.34. The summed E-state index contributed by atoms with van der Waals surface area (Å²) < 4.78 is 7.90. The topological polar surface area (TPSA) is 117 Å². The standard InChI is InChI=1S/C38H53N7O3/c1-3-33(26-12-14-27(15-13-26)38(46)47)39-20-36-41-34-17-16-28(25-8-5-4-6-9-25)18-32(34)37(43-36)42-35(29-19-40-44(2)21-29)22-45-30-10-7-11-31(45)24-48-23-30/h4-6,8-9,19,21,26-28,30-31,33,35,39H,3,7,10-18,20,22-24H2,1-2H3,(H,46,47)(H,41,42,43)/t26?,27?,28-,30-,31+,33-,35+/m1/s1. The number of piperidine rings is 1. The number of nitrogens with zero attached hydrogens (tertiary/aromatic N) is 5. The van der Waals surface area contributed by atoms with Gasteiger partial charge < -0.3 is 20.5 Å². The Morgan fingerprint density at radius 1 is 1.04 bits per heavy atom. The van der Waals surface area contributed by atoms with Crippen LogP contribution in [0.15, 0.2) is 42.7 Å². The number of aromatic nitrogens is 4. The number of morpholine rings is 1. The van der Waals surface area contributed by atoms with Crippen LogP contribution in [0.4, 0.5) is 5.82 Å². The van der Waals surface area contributed by atoms with Crippen LogP contribution in [0.5, 0.6) is 0 Å². The van der Waals surface area contributed by atoms with Crippen molar-refractivity contribution >= 4 is 11.8 Å². The molecule has 48 heavy (non-hydrogen) atoms. The number of benzene rings is 1. The van der Waals surface area contributed by atoms with Crippen LogP contribution in [0, 0.1) is 11.8 Å². The van der Waals surface area contributed by atoms with Crippen LogP contribution in [0.2, 0.25) is 0 Å². The molecule has 0 spiro atoms. The number of hydrogen-bond donors (Lipinski definition) is 3. The molecule has 2 saturated heterocycles. The van der Waals surface area contributed by atoms with E-state index in [1.807, 2.05) is 17.9 Å². The third-order valence-electron chi connectivity index (χ3n) is 11.7. The van der Waals surface area contributed by atoms with E-state index < -0.39 is 5.97 Å². The molecule has 2 aliphatic heterocycles. The van der Waals surface area contributed by atoms with Gasteiger partial charge in [-0.1, -0.05) is 43.7 Å². The van der Waals surface area contributed by atoms with Gasteiger partial charge in [-0.2, -0.15) is 5.10 Å². The van der Waals surface area contributed by atoms with Crippen molar-refractivity contribution < 1.29 is 14.6 Å². The number of anilines is 1. The predicted octanol–water partition coefficient (Wildman–Crippen LogP) is 5.65. The summed E-state index contributed by atoms with van der Waals surface area (Å²) in [6, 6.07) is 12.2. The van der Waals surface area contributed by atoms with Gasteiger partial charge in [0.1, 0.15) is 11.6 Å². The number of rotatable bonds is 12. The molecule has 2 aromatic heterocycles. The normalized spacial score (nSPS) is 27.2. The van der Waals surface area contributed by atoms with E-state index in [1.165, 1.54) is 41.6 Å². The Morgan fingerprint density at radius 3 is 2.50 bits per heavy atom. The molecule has 3 aromatic rings. The third kappa shape index (κ3) is 7.45. The number of hydrogen-bond acceptors (Lipinski definition) is 8. The summed E-state index contributed by atoms with van der Waals surface area (Å²) in [6.07, 6.45) is 15.2. The summed E-state index contributed by atoms with van der Waals surface area (Å²) in [5, 5.41) is 21.9. The maximum absolute atomic E-state index is 11.5. The second-order valence-corrected chi connectivity index (χ2v) is 14.7. The fraction of sp³-hybridized carbons (Fsp3) is 0.632. The molecule has 10 heteroatoms. The smallest absolute Gasteiger partial charge is 0.306 e. The highest BCUT2D eigenvalue weighted by Crippen LogP contribution is 2.37. The van der Waals surface area contributed by atoms with Crippen molar-refractivity contribution in [2.45, 2.75) is 114 Å². The molecular weight excluding hydrogens is 602 g/mol. The summed E-state index contributed by atoms with van der Waals surface area (Å²) in [5.74, 6) is 1.87. The van der Waals surface area contributed by atoms with Crippen LogP contribution >= 0.6 is 0 Å². The minimum atomic E-state index is -0.645. The van der Waals surface area contributed by atoms with Crippen molar-refractivity contribution in [1.29, 1.82) is 0 Å². The minimum absolute atomic E-state index is 0.0321. The zero-order valence-corrected chi connectivity index (χ0v) is 28.7. The van der Waals surface area contributed by atoms with Crippen molar-refractivity contribution in [2.75, 3.05) is 25.1 Å². The maximum Gasteiger partial charge on any atom is 0.306 e. The van der Waals surface area contributed by atoms with Gasteiger partial charge in [0.15, 0.2) is 0 Å². The SMILES string of the molecule is CC[C@@H](NCc1nc2c(c(N[C@@H](CN3[C@@H]4CCC[C@H]3COC4)c3cnn(C)c3)n1)C[C@H](c1ccccc1)CC2)C1CCC(C(=O)O)CC1. The van der Waals surface area contributed by atoms with Crippen LogP contribution < -0.4 is 10.6 Å². The molecule has 4 heterocycles. The molecule has 0 radical (unpaired) electrons. The molecular formula is C38H53N7O3. The summed E-state index contributed by atoms with van der Waals surface area (Å²) >= 11 is 0. The number of aliphatic carboxylic acids is 1. The Bertz CT molecular complexity index is 1500. The Balaban J connectivity index is 1.16. The number of carboxylic acids is 1. The quantitative estimate of drug-likeness (QED) is 0.228. The van der Waals surface area contributed by atoms with Crippen LogP contribution in [-0.4, -0.2) is 73.6 Å². The van der Waals surface area contributed by atoms with Gasteiger partial charge in [0, 0.05) is 54.7 Å². The van der Waals surface area contributed by atoms with Gasteiger partial charge in [0.05, 0.1) is 37.9 Å². The molecule has 258 valence electrons. The van der Waals surface area contributed by atoms with E-state index in [9.17, 15) is 9.90 Å². The predicted molar refractivity (Wildman–Crippen MR) is 186 cm³/mol. The van der Waals surface area contributed by atoms with Crippen molar-refractivity contribution in [3.8, 4) is 0 Å². The maximum atomic E-state index is 11.5. The number of carboxylic acid groups (broad SMARTS) is 1. The van der Waals surface area contributed by atoms with Crippen LogP contribution in [0.1, 0.15) is 105 Å². The lowest BCUT2D eigenvalue weighted by Crippen LogP contribution is -2.56. The Morgan fingerprint density at radius 2 is 1.81 bits per heavy atom. The lowest BCUT2D eigenvalue weighted by atomic mass is 9.78. The average molecular weight is 656 g/mol. The van der Waals surface area contributed by atoms with Gasteiger partial charge in [-0.15, -0.1) is 0 Å². The average Bonchev–Trinajstić information content (AvgIpc) is 3.54. The highest BCUT2D eigenvalue weighted by atomic mass is 16.5. The molecule has 4 aliphatic rings. The second-order valence-electron chi connectivity index (χ2n) is 14.7. The highest BCUT2D eigenvalue weighted by molar-refractivity contribution is 5.70. The molecule has 2 bridgehead atoms. The summed E-state index contributed by atoms with van der Waals surface area (Å²) in [7, 11) is 1.99. The highest BCUT2D eigenvalue weighted by Gasteiger charge is 2.37. The van der Waals surface area contributed by atoms with E-state index in [4.69, 9.17) is 14.7 Å². The Hall–Kier alpha value is -3.34. The number of carbonyl (C=O) groups is 1. The molecule has 2 aliphatic carbocycles. The first-order chi connectivity index (χ1) is 23.4. The van der Waals surface area contributed by atoms with Gasteiger partial charge in [-0.25, -0.2) is 9.97 Å². The largest absolute Gasteiger partial charge is 0.481 e. The van der Waals surface area contributed by atoms with Crippen molar-refractivity contribution in [2.24, 2.45) is 18.9 Å². The van der Waals surface area contributed by atoms with E-state index in [1.54, 1.807) is 0 Å². The first-order valence-electron chi connectivity index (χ1n) is 18.4. The van der Waals surface area contributed by atoms with Gasteiger partial charge in [-0.3, -0.25) is 14.4 Å². The molecule has 5 atom stereocenters. The van der Waals surface area contributed by atoms with Crippen molar-refractivity contribution in [3.05, 3.63) is 70.9 Å². The lowest BCUT2D eigenvalue weighted by Gasteiger charge is -2.47. The fourth-order valence-electron chi connectivity index (χ4n) is 8.95. The molecule has 0 amide bonds. The molecule has 1 saturated carbocycles. The van der Waals surface area contributed by atoms with Gasteiger partial charge in [-0.05, 0) is 81.6 Å². The van der Waals surface area contributed by atoms with Gasteiger partial charge in [0.2, 0.25) is 0 Å². The number of aryl methyl sites for hydroxylation is 2. The summed E-state index contributed by atoms with van der Waals surface area (Å²) in [4.78, 5) is 24.7. The Labute approximate surface area is 285 Å². The van der Waals surface area contributed by atoms with Crippen LogP contribution in [0.3, 0.4) is 0 Å². The fourth-order valence-corrected chi connectivity index (χ4v) is 8.95. The number of fused-ring (bicyclic) bond motifs is 3. The van der Waals surface area contributed by atoms with Gasteiger partial charge in [0.25, 0.3) is 0 Å². The van der Waals surface area contributed by atoms with E-state index in [0.717, 1.165) is 82.8 Å². The monoisotopic (exact) mass is 655 g/mol. The first kappa shape index (κ1) is 33.2. The van der Waals surface area contributed by atoms with E-state index in [0.29, 0.717) is 36.5 Å². The van der Waals surface area contributed by atoms with E-state index >= 15 is 0 Å². The molecule has 3 N–H and O–H groups in total. The van der Waals surface area contributed by atoms with Crippen LogP contribution in [0.25, 0.3) is 0 Å². The first-order valence-corrected chi connectivity index (χ1v) is 18.4.